The summed E-state index contributed by atoms with van der Waals surface area (Å²) in [5.41, 5.74) is 0.914. The van der Waals surface area contributed by atoms with E-state index in [1.807, 2.05) is 26.8 Å². The first kappa shape index (κ1) is 15.0. The minimum atomic E-state index is 0.116. The highest BCUT2D eigenvalue weighted by Crippen LogP contribution is 2.21. The van der Waals surface area contributed by atoms with E-state index in [9.17, 15) is 0 Å². The first-order valence-electron chi connectivity index (χ1n) is 7.41. The van der Waals surface area contributed by atoms with Gasteiger partial charge >= 0.3 is 0 Å². The molecule has 1 N–H and O–H groups in total. The van der Waals surface area contributed by atoms with E-state index in [-0.39, 0.29) is 6.10 Å². The maximum atomic E-state index is 5.65. The molecule has 1 aliphatic heterocycles. The third-order valence-corrected chi connectivity index (χ3v) is 3.52. The van der Waals surface area contributed by atoms with E-state index in [4.69, 9.17) is 9.47 Å². The van der Waals surface area contributed by atoms with Crippen molar-refractivity contribution in [2.24, 2.45) is 5.92 Å². The summed E-state index contributed by atoms with van der Waals surface area (Å²) in [6.07, 6.45) is 2.30. The summed E-state index contributed by atoms with van der Waals surface area (Å²) in [6.45, 7) is 9.84. The number of anilines is 1. The Hall–Kier alpha value is -1.36. The fraction of sp³-hybridized carbons (Fsp3) is 0.733. The van der Waals surface area contributed by atoms with Crippen LogP contribution in [-0.2, 0) is 4.74 Å². The van der Waals surface area contributed by atoms with Crippen molar-refractivity contribution in [2.75, 3.05) is 18.5 Å². The first-order chi connectivity index (χ1) is 9.54. The molecule has 1 aliphatic rings. The molecule has 0 bridgehead atoms. The molecule has 5 nitrogen and oxygen atoms in total. The molecule has 0 aliphatic carbocycles. The molecule has 0 radical (unpaired) electrons. The van der Waals surface area contributed by atoms with Gasteiger partial charge in [0, 0.05) is 31.0 Å². The summed E-state index contributed by atoms with van der Waals surface area (Å²) in [6, 6.07) is 2.21. The molecule has 1 aromatic heterocycles. The SMILES string of the molecule is Cc1cc(OC(C)C)nc(NC(C)C2CCOCC2)n1. The third kappa shape index (κ3) is 4.34. The van der Waals surface area contributed by atoms with Gasteiger partial charge in [-0.2, -0.15) is 4.98 Å². The van der Waals surface area contributed by atoms with Crippen LogP contribution in [-0.4, -0.2) is 35.3 Å². The van der Waals surface area contributed by atoms with Crippen molar-refractivity contribution in [1.82, 2.24) is 9.97 Å². The molecule has 0 saturated carbocycles. The molecule has 1 fully saturated rings. The van der Waals surface area contributed by atoms with Crippen molar-refractivity contribution in [3.63, 3.8) is 0 Å². The van der Waals surface area contributed by atoms with Crippen LogP contribution in [0.4, 0.5) is 5.95 Å². The Kier molecular flexibility index (Phi) is 5.17. The highest BCUT2D eigenvalue weighted by Gasteiger charge is 2.21. The Morgan fingerprint density at radius 2 is 1.95 bits per heavy atom. The largest absolute Gasteiger partial charge is 0.475 e. The highest BCUT2D eigenvalue weighted by atomic mass is 16.5. The Balaban J connectivity index is 2.02. The fourth-order valence-corrected chi connectivity index (χ4v) is 2.44. The smallest absolute Gasteiger partial charge is 0.226 e. The second-order valence-electron chi connectivity index (χ2n) is 5.72. The number of aryl methyl sites for hydroxylation is 1. The zero-order valence-electron chi connectivity index (χ0n) is 12.8. The predicted molar refractivity (Wildman–Crippen MR) is 79.2 cm³/mol. The van der Waals surface area contributed by atoms with Crippen LogP contribution in [0.2, 0.25) is 0 Å². The van der Waals surface area contributed by atoms with E-state index in [1.54, 1.807) is 0 Å². The minimum Gasteiger partial charge on any atom is -0.475 e. The Morgan fingerprint density at radius 3 is 2.60 bits per heavy atom. The lowest BCUT2D eigenvalue weighted by Gasteiger charge is -2.28. The molecule has 1 saturated heterocycles. The molecular weight excluding hydrogens is 254 g/mol. The van der Waals surface area contributed by atoms with E-state index in [0.717, 1.165) is 31.7 Å². The van der Waals surface area contributed by atoms with Gasteiger partial charge in [0.25, 0.3) is 0 Å². The number of nitrogens with one attached hydrogen (secondary N) is 1. The van der Waals surface area contributed by atoms with E-state index < -0.39 is 0 Å². The summed E-state index contributed by atoms with van der Waals surface area (Å²) >= 11 is 0. The Morgan fingerprint density at radius 1 is 1.25 bits per heavy atom. The van der Waals surface area contributed by atoms with Gasteiger partial charge < -0.3 is 14.8 Å². The van der Waals surface area contributed by atoms with Crippen LogP contribution in [0.3, 0.4) is 0 Å². The molecule has 0 aromatic carbocycles. The Bertz CT molecular complexity index is 431. The Labute approximate surface area is 121 Å². The van der Waals surface area contributed by atoms with Crippen molar-refractivity contribution in [2.45, 2.75) is 52.7 Å². The third-order valence-electron chi connectivity index (χ3n) is 3.52. The van der Waals surface area contributed by atoms with Crippen LogP contribution in [0.25, 0.3) is 0 Å². The standard InChI is InChI=1S/C15H25N3O2/c1-10(2)20-14-9-11(3)16-15(18-14)17-12(4)13-5-7-19-8-6-13/h9-10,12-13H,5-8H2,1-4H3,(H,16,17,18). The molecule has 112 valence electrons. The van der Waals surface area contributed by atoms with Gasteiger partial charge in [0.2, 0.25) is 11.8 Å². The van der Waals surface area contributed by atoms with Crippen LogP contribution in [0.5, 0.6) is 5.88 Å². The average molecular weight is 279 g/mol. The number of nitrogens with zero attached hydrogens (tertiary/aromatic N) is 2. The molecular formula is C15H25N3O2. The topological polar surface area (TPSA) is 56.3 Å². The van der Waals surface area contributed by atoms with Crippen molar-refractivity contribution in [1.29, 1.82) is 0 Å². The van der Waals surface area contributed by atoms with Gasteiger partial charge in [-0.15, -0.1) is 0 Å². The first-order valence-corrected chi connectivity index (χ1v) is 7.41. The molecule has 20 heavy (non-hydrogen) atoms. The number of aromatic nitrogens is 2. The van der Waals surface area contributed by atoms with Gasteiger partial charge in [0.05, 0.1) is 6.10 Å². The van der Waals surface area contributed by atoms with Gasteiger partial charge in [-0.25, -0.2) is 4.98 Å². The second-order valence-corrected chi connectivity index (χ2v) is 5.72. The van der Waals surface area contributed by atoms with Gasteiger partial charge in [-0.1, -0.05) is 0 Å². The van der Waals surface area contributed by atoms with Crippen LogP contribution in [0, 0.1) is 12.8 Å². The summed E-state index contributed by atoms with van der Waals surface area (Å²) in [5, 5.41) is 3.41. The molecule has 1 unspecified atom stereocenters. The van der Waals surface area contributed by atoms with Gasteiger partial charge in [-0.3, -0.25) is 0 Å². The summed E-state index contributed by atoms with van der Waals surface area (Å²) < 4.78 is 11.1. The highest BCUT2D eigenvalue weighted by molar-refractivity contribution is 5.31. The molecule has 1 atom stereocenters. The number of ether oxygens (including phenoxy) is 2. The van der Waals surface area contributed by atoms with E-state index in [2.05, 4.69) is 22.2 Å². The van der Waals surface area contributed by atoms with Crippen molar-refractivity contribution < 1.29 is 9.47 Å². The maximum absolute atomic E-state index is 5.65. The van der Waals surface area contributed by atoms with E-state index in [1.165, 1.54) is 0 Å². The molecule has 5 heteroatoms. The summed E-state index contributed by atoms with van der Waals surface area (Å²) in [7, 11) is 0. The fourth-order valence-electron chi connectivity index (χ4n) is 2.44. The number of hydrogen-bond acceptors (Lipinski definition) is 5. The summed E-state index contributed by atoms with van der Waals surface area (Å²) in [5.74, 6) is 1.90. The van der Waals surface area contributed by atoms with Crippen LogP contribution >= 0.6 is 0 Å². The van der Waals surface area contributed by atoms with E-state index >= 15 is 0 Å². The molecule has 1 aromatic rings. The maximum Gasteiger partial charge on any atom is 0.226 e. The van der Waals surface area contributed by atoms with Crippen LogP contribution in [0.15, 0.2) is 6.07 Å². The minimum absolute atomic E-state index is 0.116. The van der Waals surface area contributed by atoms with Crippen LogP contribution in [0.1, 0.15) is 39.3 Å². The number of hydrogen-bond donors (Lipinski definition) is 1. The van der Waals surface area contributed by atoms with Crippen molar-refractivity contribution >= 4 is 5.95 Å². The summed E-state index contributed by atoms with van der Waals surface area (Å²) in [4.78, 5) is 8.88. The monoisotopic (exact) mass is 279 g/mol. The average Bonchev–Trinajstić information content (AvgIpc) is 2.38. The zero-order chi connectivity index (χ0) is 14.5. The van der Waals surface area contributed by atoms with Gasteiger partial charge in [-0.05, 0) is 46.5 Å². The zero-order valence-corrected chi connectivity index (χ0v) is 12.8. The normalized spacial score (nSPS) is 18.1. The van der Waals surface area contributed by atoms with Gasteiger partial charge in [0.1, 0.15) is 0 Å². The lowest BCUT2D eigenvalue weighted by molar-refractivity contribution is 0.0621. The molecule has 0 amide bonds. The molecule has 2 heterocycles. The van der Waals surface area contributed by atoms with Gasteiger partial charge in [0.15, 0.2) is 0 Å². The van der Waals surface area contributed by atoms with Crippen LogP contribution < -0.4 is 10.1 Å². The molecule has 0 spiro atoms. The lowest BCUT2D eigenvalue weighted by Crippen LogP contribution is -2.31. The lowest BCUT2D eigenvalue weighted by atomic mass is 9.93. The van der Waals surface area contributed by atoms with Crippen molar-refractivity contribution in [3.05, 3.63) is 11.8 Å². The van der Waals surface area contributed by atoms with Crippen molar-refractivity contribution in [3.8, 4) is 5.88 Å². The molecule has 2 rings (SSSR count). The number of rotatable bonds is 5. The quantitative estimate of drug-likeness (QED) is 0.898. The van der Waals surface area contributed by atoms with E-state index in [0.29, 0.717) is 23.8 Å². The predicted octanol–water partition coefficient (Wildman–Crippen LogP) is 2.80. The second kappa shape index (κ2) is 6.88.